The summed E-state index contributed by atoms with van der Waals surface area (Å²) < 4.78 is 5.22. The molecule has 0 fully saturated rings. The van der Waals surface area contributed by atoms with Crippen molar-refractivity contribution in [3.8, 4) is 5.75 Å². The van der Waals surface area contributed by atoms with E-state index in [1.165, 1.54) is 0 Å². The first kappa shape index (κ1) is 10.9. The van der Waals surface area contributed by atoms with Crippen LogP contribution in [0.1, 0.15) is 30.6 Å². The Morgan fingerprint density at radius 3 is 3.00 bits per heavy atom. The monoisotopic (exact) mass is 218 g/mol. The third-order valence-electron chi connectivity index (χ3n) is 2.75. The highest BCUT2D eigenvalue weighted by Crippen LogP contribution is 2.36. The first-order valence-electron chi connectivity index (χ1n) is 5.27. The van der Waals surface area contributed by atoms with Crippen molar-refractivity contribution in [2.45, 2.75) is 25.9 Å². The van der Waals surface area contributed by atoms with Crippen LogP contribution in [0.5, 0.6) is 5.75 Å². The Morgan fingerprint density at radius 1 is 1.56 bits per heavy atom. The van der Waals surface area contributed by atoms with Crippen LogP contribution in [-0.4, -0.2) is 11.1 Å². The van der Waals surface area contributed by atoms with Crippen molar-refractivity contribution in [1.82, 2.24) is 0 Å². The molecule has 3 heteroatoms. The lowest BCUT2D eigenvalue weighted by atomic mass is 10.1. The van der Waals surface area contributed by atoms with Gasteiger partial charge < -0.3 is 9.84 Å². The van der Waals surface area contributed by atoms with Crippen molar-refractivity contribution in [1.29, 1.82) is 0 Å². The summed E-state index contributed by atoms with van der Waals surface area (Å²) in [5.74, 6) is 0.122. The second-order valence-corrected chi connectivity index (χ2v) is 4.05. The quantitative estimate of drug-likeness (QED) is 0.470. The van der Waals surface area contributed by atoms with E-state index in [0.29, 0.717) is 17.7 Å². The van der Waals surface area contributed by atoms with Crippen LogP contribution in [0.15, 0.2) is 30.4 Å². The Hall–Kier alpha value is -1.61. The lowest BCUT2D eigenvalue weighted by Crippen LogP contribution is -2.09. The molecule has 1 unspecified atom stereocenters. The molecule has 1 aliphatic rings. The predicted octanol–water partition coefficient (Wildman–Crippen LogP) is 2.15. The number of fused-ring (bicyclic) bond motifs is 1. The number of aliphatic hydroxyl groups excluding tert-OH is 1. The van der Waals surface area contributed by atoms with E-state index in [1.54, 1.807) is 19.1 Å². The van der Waals surface area contributed by atoms with Crippen molar-refractivity contribution < 1.29 is 14.6 Å². The number of aliphatic hydroxyl groups is 1. The molecule has 84 valence electrons. The molecule has 0 aromatic heterocycles. The second kappa shape index (κ2) is 4.10. The van der Waals surface area contributed by atoms with Gasteiger partial charge in [0.25, 0.3) is 0 Å². The van der Waals surface area contributed by atoms with Crippen molar-refractivity contribution in [2.75, 3.05) is 0 Å². The number of hydrogen-bond donors (Lipinski definition) is 1. The lowest BCUT2D eigenvalue weighted by molar-refractivity contribution is -0.130. The van der Waals surface area contributed by atoms with E-state index in [1.807, 2.05) is 6.07 Å². The van der Waals surface area contributed by atoms with Gasteiger partial charge in [-0.3, -0.25) is 0 Å². The molecule has 1 aliphatic carbocycles. The molecule has 1 aromatic carbocycles. The molecule has 2 rings (SSSR count). The molecule has 0 saturated carbocycles. The molecular formula is C13H14O3. The van der Waals surface area contributed by atoms with Gasteiger partial charge in [0.1, 0.15) is 5.75 Å². The fourth-order valence-electron chi connectivity index (χ4n) is 1.88. The van der Waals surface area contributed by atoms with Crippen molar-refractivity contribution in [3.63, 3.8) is 0 Å². The Kier molecular flexibility index (Phi) is 2.79. The largest absolute Gasteiger partial charge is 0.423 e. The summed E-state index contributed by atoms with van der Waals surface area (Å²) in [7, 11) is 0. The van der Waals surface area contributed by atoms with Gasteiger partial charge in [-0.05, 0) is 31.4 Å². The minimum absolute atomic E-state index is 0.371. The maximum atomic E-state index is 11.4. The molecule has 1 atom stereocenters. The number of rotatable bonds is 2. The highest BCUT2D eigenvalue weighted by Gasteiger charge is 2.24. The van der Waals surface area contributed by atoms with E-state index in [9.17, 15) is 9.90 Å². The maximum absolute atomic E-state index is 11.4. The standard InChI is InChI=1S/C13H14O3/c1-8(2)13(15)16-12-5-3-4-9-10(12)6-7-11(9)14/h3-5,11,14H,1,6-7H2,2H3. The number of esters is 1. The van der Waals surface area contributed by atoms with E-state index in [2.05, 4.69) is 6.58 Å². The summed E-state index contributed by atoms with van der Waals surface area (Å²) in [6.45, 7) is 5.15. The zero-order valence-electron chi connectivity index (χ0n) is 9.19. The Labute approximate surface area is 94.4 Å². The highest BCUT2D eigenvalue weighted by molar-refractivity contribution is 5.89. The van der Waals surface area contributed by atoms with Crippen molar-refractivity contribution >= 4 is 5.97 Å². The predicted molar refractivity (Wildman–Crippen MR) is 60.2 cm³/mol. The summed E-state index contributed by atoms with van der Waals surface area (Å²) >= 11 is 0. The zero-order valence-corrected chi connectivity index (χ0v) is 9.19. The fraction of sp³-hybridized carbons (Fsp3) is 0.308. The molecule has 16 heavy (non-hydrogen) atoms. The topological polar surface area (TPSA) is 46.5 Å². The zero-order chi connectivity index (χ0) is 11.7. The Bertz CT molecular complexity index is 448. The molecule has 0 heterocycles. The van der Waals surface area contributed by atoms with Crippen LogP contribution in [0.2, 0.25) is 0 Å². The number of carbonyl (C=O) groups is 1. The van der Waals surface area contributed by atoms with E-state index in [-0.39, 0.29) is 0 Å². The summed E-state index contributed by atoms with van der Waals surface area (Å²) in [6.07, 6.45) is 1.01. The smallest absolute Gasteiger partial charge is 0.338 e. The van der Waals surface area contributed by atoms with Gasteiger partial charge in [-0.1, -0.05) is 18.7 Å². The van der Waals surface area contributed by atoms with Gasteiger partial charge in [0.05, 0.1) is 6.10 Å². The molecule has 0 bridgehead atoms. The molecule has 0 spiro atoms. The average molecular weight is 218 g/mol. The van der Waals surface area contributed by atoms with Gasteiger partial charge in [-0.2, -0.15) is 0 Å². The molecule has 0 radical (unpaired) electrons. The van der Waals surface area contributed by atoms with Gasteiger partial charge in [0, 0.05) is 11.1 Å². The van der Waals surface area contributed by atoms with Gasteiger partial charge in [0.15, 0.2) is 0 Å². The molecule has 0 saturated heterocycles. The SMILES string of the molecule is C=C(C)C(=O)Oc1cccc2c1CCC2O. The third kappa shape index (κ3) is 1.86. The number of carbonyl (C=O) groups excluding carboxylic acids is 1. The molecule has 1 aromatic rings. The molecule has 0 aliphatic heterocycles. The summed E-state index contributed by atoms with van der Waals surface area (Å²) in [5, 5.41) is 9.69. The van der Waals surface area contributed by atoms with Crippen LogP contribution in [0.25, 0.3) is 0 Å². The molecule has 3 nitrogen and oxygen atoms in total. The van der Waals surface area contributed by atoms with Crippen LogP contribution < -0.4 is 4.74 Å². The second-order valence-electron chi connectivity index (χ2n) is 4.05. The van der Waals surface area contributed by atoms with E-state index < -0.39 is 12.1 Å². The lowest BCUT2D eigenvalue weighted by Gasteiger charge is -2.09. The maximum Gasteiger partial charge on any atom is 0.338 e. The van der Waals surface area contributed by atoms with Gasteiger partial charge in [-0.15, -0.1) is 0 Å². The Balaban J connectivity index is 2.30. The molecule has 0 amide bonds. The first-order chi connectivity index (χ1) is 7.59. The number of ether oxygens (including phenoxy) is 1. The summed E-state index contributed by atoms with van der Waals surface area (Å²) in [4.78, 5) is 11.4. The summed E-state index contributed by atoms with van der Waals surface area (Å²) in [6, 6.07) is 5.40. The highest BCUT2D eigenvalue weighted by atomic mass is 16.5. The van der Waals surface area contributed by atoms with Crippen molar-refractivity contribution in [2.24, 2.45) is 0 Å². The van der Waals surface area contributed by atoms with Crippen LogP contribution in [0.4, 0.5) is 0 Å². The van der Waals surface area contributed by atoms with E-state index in [0.717, 1.165) is 17.5 Å². The minimum Gasteiger partial charge on any atom is -0.423 e. The number of benzene rings is 1. The van der Waals surface area contributed by atoms with Gasteiger partial charge in [0.2, 0.25) is 0 Å². The summed E-state index contributed by atoms with van der Waals surface area (Å²) in [5.41, 5.74) is 2.17. The van der Waals surface area contributed by atoms with Gasteiger partial charge >= 0.3 is 5.97 Å². The van der Waals surface area contributed by atoms with E-state index >= 15 is 0 Å². The van der Waals surface area contributed by atoms with Crippen LogP contribution in [0, 0.1) is 0 Å². The van der Waals surface area contributed by atoms with Crippen LogP contribution in [0.3, 0.4) is 0 Å². The first-order valence-corrected chi connectivity index (χ1v) is 5.27. The minimum atomic E-state index is -0.432. The third-order valence-corrected chi connectivity index (χ3v) is 2.75. The van der Waals surface area contributed by atoms with Crippen LogP contribution >= 0.6 is 0 Å². The molecule has 1 N–H and O–H groups in total. The number of hydrogen-bond acceptors (Lipinski definition) is 3. The van der Waals surface area contributed by atoms with E-state index in [4.69, 9.17) is 4.74 Å². The average Bonchev–Trinajstić information content (AvgIpc) is 2.62. The van der Waals surface area contributed by atoms with Crippen LogP contribution in [-0.2, 0) is 11.2 Å². The van der Waals surface area contributed by atoms with Crippen molar-refractivity contribution in [3.05, 3.63) is 41.5 Å². The van der Waals surface area contributed by atoms with Gasteiger partial charge in [-0.25, -0.2) is 4.79 Å². The fourth-order valence-corrected chi connectivity index (χ4v) is 1.88. The molecular weight excluding hydrogens is 204 g/mol. The Morgan fingerprint density at radius 2 is 2.31 bits per heavy atom. The normalized spacial score (nSPS) is 18.0.